The van der Waals surface area contributed by atoms with Gasteiger partial charge in [0.2, 0.25) is 11.9 Å². The van der Waals surface area contributed by atoms with Crippen molar-refractivity contribution in [1.82, 2.24) is 15.0 Å². The lowest BCUT2D eigenvalue weighted by molar-refractivity contribution is 0.874. The Morgan fingerprint density at radius 1 is 1.62 bits per heavy atom. The molecule has 6 heteroatoms. The summed E-state index contributed by atoms with van der Waals surface area (Å²) in [6.45, 7) is 4.54. The maximum atomic E-state index is 5.96. The van der Waals surface area contributed by atoms with Crippen molar-refractivity contribution in [2.24, 2.45) is 0 Å². The highest BCUT2D eigenvalue weighted by atomic mass is 35.5. The molecule has 86 valence electrons. The summed E-state index contributed by atoms with van der Waals surface area (Å²) in [5.41, 5.74) is 0. The fourth-order valence-electron chi connectivity index (χ4n) is 1.01. The van der Waals surface area contributed by atoms with Crippen LogP contribution in [-0.4, -0.2) is 27.5 Å². The van der Waals surface area contributed by atoms with E-state index in [1.807, 2.05) is 13.8 Å². The standard InChI is InChI=1S/C10H14ClN5/c1-4-6-16(11)10-13-7-12-9(15-10)14-8(3)5-2/h2,7-8H,4,6H2,1,3H3,(H,12,13,14,15). The molecule has 1 rings (SSSR count). The van der Waals surface area contributed by atoms with Gasteiger partial charge in [-0.2, -0.15) is 4.98 Å². The fourth-order valence-corrected chi connectivity index (χ4v) is 1.26. The molecule has 1 atom stereocenters. The summed E-state index contributed by atoms with van der Waals surface area (Å²) < 4.78 is 1.45. The maximum Gasteiger partial charge on any atom is 0.244 e. The zero-order chi connectivity index (χ0) is 12.0. The second-order valence-corrected chi connectivity index (χ2v) is 3.64. The Morgan fingerprint density at radius 2 is 2.38 bits per heavy atom. The number of hydrogen-bond acceptors (Lipinski definition) is 5. The summed E-state index contributed by atoms with van der Waals surface area (Å²) in [7, 11) is 0. The van der Waals surface area contributed by atoms with Crippen molar-refractivity contribution in [3.63, 3.8) is 0 Å². The Labute approximate surface area is 100 Å². The van der Waals surface area contributed by atoms with Gasteiger partial charge in [-0.1, -0.05) is 12.8 Å². The van der Waals surface area contributed by atoms with E-state index in [-0.39, 0.29) is 6.04 Å². The van der Waals surface area contributed by atoms with Gasteiger partial charge in [0, 0.05) is 18.3 Å². The highest BCUT2D eigenvalue weighted by Gasteiger charge is 2.08. The minimum atomic E-state index is -0.134. The Balaban J connectivity index is 2.75. The van der Waals surface area contributed by atoms with Gasteiger partial charge < -0.3 is 5.32 Å². The summed E-state index contributed by atoms with van der Waals surface area (Å²) in [6, 6.07) is -0.134. The molecule has 0 aliphatic heterocycles. The van der Waals surface area contributed by atoms with Gasteiger partial charge in [0.05, 0.1) is 6.04 Å². The number of hydrogen-bond donors (Lipinski definition) is 1. The molecule has 0 fully saturated rings. The summed E-state index contributed by atoms with van der Waals surface area (Å²) >= 11 is 5.96. The van der Waals surface area contributed by atoms with E-state index >= 15 is 0 Å². The molecule has 1 heterocycles. The molecule has 1 aromatic heterocycles. The quantitative estimate of drug-likeness (QED) is 0.626. The van der Waals surface area contributed by atoms with Crippen LogP contribution in [0.15, 0.2) is 6.33 Å². The molecule has 0 aliphatic rings. The van der Waals surface area contributed by atoms with Crippen LogP contribution in [0.2, 0.25) is 0 Å². The van der Waals surface area contributed by atoms with Gasteiger partial charge in [-0.05, 0) is 13.3 Å². The summed E-state index contributed by atoms with van der Waals surface area (Å²) in [5.74, 6) is 3.38. The number of nitrogens with zero attached hydrogens (tertiary/aromatic N) is 4. The van der Waals surface area contributed by atoms with Gasteiger partial charge in [0.1, 0.15) is 6.33 Å². The van der Waals surface area contributed by atoms with E-state index in [4.69, 9.17) is 18.2 Å². The van der Waals surface area contributed by atoms with E-state index in [9.17, 15) is 0 Å². The monoisotopic (exact) mass is 239 g/mol. The smallest absolute Gasteiger partial charge is 0.244 e. The molecule has 0 saturated carbocycles. The van der Waals surface area contributed by atoms with Gasteiger partial charge in [-0.15, -0.1) is 6.42 Å². The minimum Gasteiger partial charge on any atom is -0.341 e. The molecule has 0 bridgehead atoms. The molecule has 0 saturated heterocycles. The van der Waals surface area contributed by atoms with Gasteiger partial charge in [-0.3, -0.25) is 4.42 Å². The number of anilines is 2. The second kappa shape index (κ2) is 6.13. The van der Waals surface area contributed by atoms with Crippen molar-refractivity contribution in [2.45, 2.75) is 26.3 Å². The van der Waals surface area contributed by atoms with E-state index in [2.05, 4.69) is 26.2 Å². The Kier molecular flexibility index (Phi) is 4.80. The van der Waals surface area contributed by atoms with Crippen LogP contribution in [0, 0.1) is 12.3 Å². The van der Waals surface area contributed by atoms with E-state index < -0.39 is 0 Å². The fraction of sp³-hybridized carbons (Fsp3) is 0.500. The first kappa shape index (κ1) is 12.5. The molecule has 0 spiro atoms. The average molecular weight is 240 g/mol. The Morgan fingerprint density at radius 3 is 3.00 bits per heavy atom. The van der Waals surface area contributed by atoms with E-state index in [0.717, 1.165) is 6.42 Å². The number of terminal acetylenes is 1. The van der Waals surface area contributed by atoms with Crippen LogP contribution in [-0.2, 0) is 0 Å². The Bertz CT molecular complexity index is 376. The molecule has 1 unspecified atom stereocenters. The van der Waals surface area contributed by atoms with Crippen LogP contribution in [0.4, 0.5) is 11.9 Å². The van der Waals surface area contributed by atoms with Crippen LogP contribution in [0.3, 0.4) is 0 Å². The zero-order valence-corrected chi connectivity index (χ0v) is 10.1. The first-order valence-corrected chi connectivity index (χ1v) is 5.36. The van der Waals surface area contributed by atoms with E-state index in [1.54, 1.807) is 0 Å². The number of aromatic nitrogens is 3. The third-order valence-corrected chi connectivity index (χ3v) is 2.11. The molecular formula is C10H14ClN5. The van der Waals surface area contributed by atoms with Crippen LogP contribution in [0.1, 0.15) is 20.3 Å². The van der Waals surface area contributed by atoms with Crippen molar-refractivity contribution in [1.29, 1.82) is 0 Å². The maximum absolute atomic E-state index is 5.96. The van der Waals surface area contributed by atoms with Crippen molar-refractivity contribution in [3.8, 4) is 12.3 Å². The normalized spacial score (nSPS) is 11.6. The van der Waals surface area contributed by atoms with E-state index in [1.165, 1.54) is 10.7 Å². The molecule has 0 amide bonds. The lowest BCUT2D eigenvalue weighted by Gasteiger charge is -2.13. The van der Waals surface area contributed by atoms with Crippen molar-refractivity contribution >= 4 is 23.7 Å². The van der Waals surface area contributed by atoms with Crippen LogP contribution in [0.25, 0.3) is 0 Å². The SMILES string of the molecule is C#CC(C)Nc1ncnc(N(Cl)CCC)n1. The minimum absolute atomic E-state index is 0.134. The number of halogens is 1. The molecule has 0 aromatic carbocycles. The van der Waals surface area contributed by atoms with Gasteiger partial charge >= 0.3 is 0 Å². The number of rotatable bonds is 5. The molecule has 1 N–H and O–H groups in total. The lowest BCUT2D eigenvalue weighted by atomic mass is 10.4. The third kappa shape index (κ3) is 3.55. The highest BCUT2D eigenvalue weighted by Crippen LogP contribution is 2.11. The molecule has 1 aromatic rings. The van der Waals surface area contributed by atoms with Gasteiger partial charge in [0.15, 0.2) is 0 Å². The van der Waals surface area contributed by atoms with E-state index in [0.29, 0.717) is 18.4 Å². The largest absolute Gasteiger partial charge is 0.341 e. The van der Waals surface area contributed by atoms with Crippen LogP contribution >= 0.6 is 11.8 Å². The molecule has 5 nitrogen and oxygen atoms in total. The predicted molar refractivity (Wildman–Crippen MR) is 65.2 cm³/mol. The highest BCUT2D eigenvalue weighted by molar-refractivity contribution is 6.24. The predicted octanol–water partition coefficient (Wildman–Crippen LogP) is 1.68. The van der Waals surface area contributed by atoms with Crippen LogP contribution < -0.4 is 9.74 Å². The van der Waals surface area contributed by atoms with Crippen molar-refractivity contribution in [3.05, 3.63) is 6.33 Å². The Hall–Kier alpha value is -1.54. The van der Waals surface area contributed by atoms with Crippen LogP contribution in [0.5, 0.6) is 0 Å². The third-order valence-electron chi connectivity index (χ3n) is 1.79. The molecule has 0 radical (unpaired) electrons. The first-order chi connectivity index (χ1) is 7.67. The lowest BCUT2D eigenvalue weighted by Crippen LogP contribution is -2.18. The molecular weight excluding hydrogens is 226 g/mol. The summed E-state index contributed by atoms with van der Waals surface area (Å²) in [5, 5.41) is 2.95. The van der Waals surface area contributed by atoms with Crippen molar-refractivity contribution in [2.75, 3.05) is 16.3 Å². The molecule has 16 heavy (non-hydrogen) atoms. The summed E-state index contributed by atoms with van der Waals surface area (Å²) in [4.78, 5) is 12.1. The van der Waals surface area contributed by atoms with Crippen molar-refractivity contribution < 1.29 is 0 Å². The molecule has 0 aliphatic carbocycles. The average Bonchev–Trinajstić information content (AvgIpc) is 2.29. The number of nitrogens with one attached hydrogen (secondary N) is 1. The summed E-state index contributed by atoms with van der Waals surface area (Å²) in [6.07, 6.45) is 7.56. The second-order valence-electron chi connectivity index (χ2n) is 3.23. The topological polar surface area (TPSA) is 53.9 Å². The van der Waals surface area contributed by atoms with Gasteiger partial charge in [-0.25, -0.2) is 9.97 Å². The first-order valence-electron chi connectivity index (χ1n) is 5.02. The zero-order valence-electron chi connectivity index (χ0n) is 9.31. The van der Waals surface area contributed by atoms with Gasteiger partial charge in [0.25, 0.3) is 0 Å².